The average molecular weight is 150 g/mol. The summed E-state index contributed by atoms with van der Waals surface area (Å²) in [6, 6.07) is 0. The van der Waals surface area contributed by atoms with Gasteiger partial charge in [-0.1, -0.05) is 0 Å². The molecule has 60 valence electrons. The van der Waals surface area contributed by atoms with Crippen molar-refractivity contribution >= 4 is 0 Å². The van der Waals surface area contributed by atoms with Crippen LogP contribution in [0.3, 0.4) is 0 Å². The second kappa shape index (κ2) is 3.28. The van der Waals surface area contributed by atoms with E-state index in [2.05, 4.69) is 0 Å². The molecule has 3 heteroatoms. The number of alkyl halides is 2. The van der Waals surface area contributed by atoms with Gasteiger partial charge in [0.25, 0.3) is 0 Å². The SMILES string of the molecule is OCC1CC(F)CCC1F. The van der Waals surface area contributed by atoms with Gasteiger partial charge in [-0.15, -0.1) is 0 Å². The van der Waals surface area contributed by atoms with Crippen LogP contribution in [-0.4, -0.2) is 24.1 Å². The van der Waals surface area contributed by atoms with Crippen molar-refractivity contribution in [1.82, 2.24) is 0 Å². The Balaban J connectivity index is 2.38. The lowest BCUT2D eigenvalue weighted by molar-refractivity contribution is 0.0617. The zero-order chi connectivity index (χ0) is 7.56. The van der Waals surface area contributed by atoms with Crippen LogP contribution >= 0.6 is 0 Å². The number of rotatable bonds is 1. The fraction of sp³-hybridized carbons (Fsp3) is 1.00. The minimum atomic E-state index is -0.989. The van der Waals surface area contributed by atoms with Gasteiger partial charge in [0, 0.05) is 12.5 Å². The summed E-state index contributed by atoms with van der Waals surface area (Å²) < 4.78 is 25.2. The molecule has 1 saturated carbocycles. The Morgan fingerprint density at radius 1 is 1.30 bits per heavy atom. The summed E-state index contributed by atoms with van der Waals surface area (Å²) in [5.41, 5.74) is 0. The molecule has 10 heavy (non-hydrogen) atoms. The van der Waals surface area contributed by atoms with Gasteiger partial charge in [-0.3, -0.25) is 0 Å². The van der Waals surface area contributed by atoms with E-state index in [1.807, 2.05) is 0 Å². The highest BCUT2D eigenvalue weighted by Crippen LogP contribution is 2.28. The van der Waals surface area contributed by atoms with Gasteiger partial charge in [0.15, 0.2) is 0 Å². The Bertz CT molecular complexity index is 108. The third kappa shape index (κ3) is 1.66. The van der Waals surface area contributed by atoms with E-state index in [1.54, 1.807) is 0 Å². The minimum absolute atomic E-state index is 0.192. The predicted molar refractivity (Wildman–Crippen MR) is 34.2 cm³/mol. The minimum Gasteiger partial charge on any atom is -0.396 e. The number of aliphatic hydroxyl groups is 1. The Kier molecular flexibility index (Phi) is 2.60. The van der Waals surface area contributed by atoms with E-state index in [4.69, 9.17) is 5.11 Å². The van der Waals surface area contributed by atoms with Gasteiger partial charge in [-0.2, -0.15) is 0 Å². The zero-order valence-electron chi connectivity index (χ0n) is 5.76. The van der Waals surface area contributed by atoms with E-state index in [-0.39, 0.29) is 19.4 Å². The quantitative estimate of drug-likeness (QED) is 0.600. The molecule has 1 aliphatic carbocycles. The maximum Gasteiger partial charge on any atom is 0.105 e. The van der Waals surface area contributed by atoms with Crippen molar-refractivity contribution in [3.05, 3.63) is 0 Å². The lowest BCUT2D eigenvalue weighted by Crippen LogP contribution is -2.29. The summed E-state index contributed by atoms with van der Waals surface area (Å²) >= 11 is 0. The van der Waals surface area contributed by atoms with Crippen molar-refractivity contribution < 1.29 is 13.9 Å². The molecule has 1 fully saturated rings. The molecular weight excluding hydrogens is 138 g/mol. The first kappa shape index (κ1) is 7.92. The number of aliphatic hydroxyl groups excluding tert-OH is 1. The van der Waals surface area contributed by atoms with Crippen LogP contribution in [0.2, 0.25) is 0 Å². The summed E-state index contributed by atoms with van der Waals surface area (Å²) in [5, 5.41) is 8.57. The summed E-state index contributed by atoms with van der Waals surface area (Å²) in [6.45, 7) is -0.221. The van der Waals surface area contributed by atoms with Crippen LogP contribution in [0.5, 0.6) is 0 Å². The van der Waals surface area contributed by atoms with Gasteiger partial charge in [0.05, 0.1) is 0 Å². The van der Waals surface area contributed by atoms with Gasteiger partial charge < -0.3 is 5.11 Å². The van der Waals surface area contributed by atoms with Crippen LogP contribution < -0.4 is 0 Å². The van der Waals surface area contributed by atoms with E-state index in [0.717, 1.165) is 0 Å². The van der Waals surface area contributed by atoms with E-state index in [9.17, 15) is 8.78 Å². The lowest BCUT2D eigenvalue weighted by atomic mass is 9.87. The summed E-state index contributed by atoms with van der Waals surface area (Å²) in [6.07, 6.45) is -1.11. The Labute approximate surface area is 59.0 Å². The molecule has 0 heterocycles. The van der Waals surface area contributed by atoms with Gasteiger partial charge in [0.2, 0.25) is 0 Å². The molecule has 0 aromatic rings. The third-order valence-electron chi connectivity index (χ3n) is 2.06. The first-order chi connectivity index (χ1) is 4.74. The summed E-state index contributed by atoms with van der Waals surface area (Å²) in [4.78, 5) is 0. The molecular formula is C7H12F2O. The second-order valence-corrected chi connectivity index (χ2v) is 2.87. The van der Waals surface area contributed by atoms with Gasteiger partial charge in [0.1, 0.15) is 12.3 Å². The molecule has 0 amide bonds. The maximum atomic E-state index is 12.7. The molecule has 1 aliphatic rings. The number of halogens is 2. The Morgan fingerprint density at radius 2 is 2.00 bits per heavy atom. The van der Waals surface area contributed by atoms with Crippen LogP contribution in [-0.2, 0) is 0 Å². The van der Waals surface area contributed by atoms with Crippen LogP contribution in [0.1, 0.15) is 19.3 Å². The van der Waals surface area contributed by atoms with Crippen LogP contribution in [0.25, 0.3) is 0 Å². The highest BCUT2D eigenvalue weighted by molar-refractivity contribution is 4.79. The molecule has 0 spiro atoms. The van der Waals surface area contributed by atoms with E-state index in [0.29, 0.717) is 6.42 Å². The van der Waals surface area contributed by atoms with Crippen molar-refractivity contribution in [2.24, 2.45) is 5.92 Å². The average Bonchev–Trinajstić information content (AvgIpc) is 1.94. The topological polar surface area (TPSA) is 20.2 Å². The first-order valence-electron chi connectivity index (χ1n) is 3.63. The van der Waals surface area contributed by atoms with Crippen molar-refractivity contribution in [1.29, 1.82) is 0 Å². The third-order valence-corrected chi connectivity index (χ3v) is 2.06. The molecule has 0 saturated heterocycles. The summed E-state index contributed by atoms with van der Waals surface area (Å²) in [7, 11) is 0. The molecule has 1 N–H and O–H groups in total. The van der Waals surface area contributed by atoms with E-state index in [1.165, 1.54) is 0 Å². The first-order valence-corrected chi connectivity index (χ1v) is 3.63. The molecule has 0 aromatic heterocycles. The molecule has 0 aromatic carbocycles. The normalized spacial score (nSPS) is 41.7. The highest BCUT2D eigenvalue weighted by atomic mass is 19.1. The van der Waals surface area contributed by atoms with Crippen LogP contribution in [0.15, 0.2) is 0 Å². The predicted octanol–water partition coefficient (Wildman–Crippen LogP) is 1.45. The maximum absolute atomic E-state index is 12.7. The molecule has 0 radical (unpaired) electrons. The van der Waals surface area contributed by atoms with Gasteiger partial charge in [-0.25, -0.2) is 8.78 Å². The van der Waals surface area contributed by atoms with E-state index >= 15 is 0 Å². The molecule has 1 rings (SSSR count). The van der Waals surface area contributed by atoms with Crippen LogP contribution in [0, 0.1) is 5.92 Å². The van der Waals surface area contributed by atoms with Gasteiger partial charge in [-0.05, 0) is 19.3 Å². The Hall–Kier alpha value is -0.180. The molecule has 3 atom stereocenters. The van der Waals surface area contributed by atoms with E-state index < -0.39 is 18.3 Å². The number of hydrogen-bond acceptors (Lipinski definition) is 1. The highest BCUT2D eigenvalue weighted by Gasteiger charge is 2.29. The second-order valence-electron chi connectivity index (χ2n) is 2.87. The van der Waals surface area contributed by atoms with Crippen molar-refractivity contribution in [2.45, 2.75) is 31.6 Å². The molecule has 1 nitrogen and oxygen atoms in total. The van der Waals surface area contributed by atoms with Gasteiger partial charge >= 0.3 is 0 Å². The van der Waals surface area contributed by atoms with Crippen molar-refractivity contribution in [2.75, 3.05) is 6.61 Å². The largest absolute Gasteiger partial charge is 0.396 e. The molecule has 0 aliphatic heterocycles. The molecule has 0 bridgehead atoms. The smallest absolute Gasteiger partial charge is 0.105 e. The van der Waals surface area contributed by atoms with Crippen molar-refractivity contribution in [3.63, 3.8) is 0 Å². The molecule has 3 unspecified atom stereocenters. The Morgan fingerprint density at radius 3 is 2.50 bits per heavy atom. The monoisotopic (exact) mass is 150 g/mol. The summed E-state index contributed by atoms with van der Waals surface area (Å²) in [5.74, 6) is -0.455. The van der Waals surface area contributed by atoms with Crippen LogP contribution in [0.4, 0.5) is 8.78 Å². The lowest BCUT2D eigenvalue weighted by Gasteiger charge is -2.26. The van der Waals surface area contributed by atoms with Crippen molar-refractivity contribution in [3.8, 4) is 0 Å². The fourth-order valence-electron chi connectivity index (χ4n) is 1.36. The zero-order valence-corrected chi connectivity index (χ0v) is 5.76. The standard InChI is InChI=1S/C7H12F2O/c8-6-1-2-7(9)5(3-6)4-10/h5-7,10H,1-4H2. The number of hydrogen-bond donors (Lipinski definition) is 1. The fourth-order valence-corrected chi connectivity index (χ4v) is 1.36.